The van der Waals surface area contributed by atoms with Gasteiger partial charge >= 0.3 is 6.03 Å². The number of carbonyl (C=O) groups excluding carboxylic acids is 2. The molecule has 122 valence electrons. The van der Waals surface area contributed by atoms with Crippen LogP contribution in [0.1, 0.15) is 18.6 Å². The van der Waals surface area contributed by atoms with Crippen molar-refractivity contribution in [2.24, 2.45) is 5.92 Å². The number of piperidine rings is 1. The Balaban J connectivity index is 1.47. The second-order valence-corrected chi connectivity index (χ2v) is 6.43. The molecule has 2 N–H and O–H groups in total. The van der Waals surface area contributed by atoms with Crippen molar-refractivity contribution in [3.8, 4) is 0 Å². The molecule has 0 saturated carbocycles. The number of thiophene rings is 1. The second-order valence-electron chi connectivity index (χ2n) is 5.48. The summed E-state index contributed by atoms with van der Waals surface area (Å²) in [7, 11) is 0. The Morgan fingerprint density at radius 3 is 2.74 bits per heavy atom. The summed E-state index contributed by atoms with van der Waals surface area (Å²) in [6.45, 7) is 2.90. The molecule has 0 unspecified atom stereocenters. The Hall–Kier alpha value is -2.35. The molecule has 3 rings (SSSR count). The molecule has 0 bridgehead atoms. The fourth-order valence-corrected chi connectivity index (χ4v) is 3.14. The van der Waals surface area contributed by atoms with Crippen LogP contribution in [0.25, 0.3) is 0 Å². The van der Waals surface area contributed by atoms with Crippen LogP contribution in [0.2, 0.25) is 0 Å². The fraction of sp³-hybridized carbons (Fsp3) is 0.400. The van der Waals surface area contributed by atoms with Crippen molar-refractivity contribution in [1.29, 1.82) is 0 Å². The normalized spacial score (nSPS) is 15.4. The predicted octanol–water partition coefficient (Wildman–Crippen LogP) is 2.93. The van der Waals surface area contributed by atoms with Crippen LogP contribution < -0.4 is 10.6 Å². The van der Waals surface area contributed by atoms with Gasteiger partial charge in [0.1, 0.15) is 5.76 Å². The second kappa shape index (κ2) is 6.82. The van der Waals surface area contributed by atoms with Crippen LogP contribution in [0, 0.1) is 12.8 Å². The van der Waals surface area contributed by atoms with E-state index in [9.17, 15) is 9.59 Å². The lowest BCUT2D eigenvalue weighted by Crippen LogP contribution is -2.43. The minimum absolute atomic E-state index is 0.0726. The van der Waals surface area contributed by atoms with Gasteiger partial charge in [0.2, 0.25) is 5.91 Å². The number of hydrogen-bond acceptors (Lipinski definition) is 5. The molecule has 0 radical (unpaired) electrons. The van der Waals surface area contributed by atoms with E-state index in [1.807, 2.05) is 17.5 Å². The quantitative estimate of drug-likeness (QED) is 0.903. The maximum atomic E-state index is 12.2. The zero-order chi connectivity index (χ0) is 16.2. The van der Waals surface area contributed by atoms with Crippen LogP contribution in [0.3, 0.4) is 0 Å². The van der Waals surface area contributed by atoms with Crippen molar-refractivity contribution in [2.45, 2.75) is 19.8 Å². The molecule has 0 spiro atoms. The third-order valence-corrected chi connectivity index (χ3v) is 4.57. The first-order chi connectivity index (χ1) is 11.1. The van der Waals surface area contributed by atoms with Gasteiger partial charge in [0.15, 0.2) is 5.82 Å². The summed E-state index contributed by atoms with van der Waals surface area (Å²) in [6, 6.07) is 5.32. The van der Waals surface area contributed by atoms with Gasteiger partial charge in [-0.2, -0.15) is 0 Å². The van der Waals surface area contributed by atoms with Crippen molar-refractivity contribution in [1.82, 2.24) is 10.1 Å². The number of nitrogens with zero attached hydrogens (tertiary/aromatic N) is 2. The van der Waals surface area contributed by atoms with E-state index in [1.54, 1.807) is 17.9 Å². The molecule has 1 fully saturated rings. The topological polar surface area (TPSA) is 87.5 Å². The number of rotatable bonds is 3. The number of aryl methyl sites for hydroxylation is 1. The maximum Gasteiger partial charge on any atom is 0.322 e. The molecule has 3 heterocycles. The van der Waals surface area contributed by atoms with E-state index in [0.717, 1.165) is 5.00 Å². The van der Waals surface area contributed by atoms with Crippen molar-refractivity contribution in [2.75, 3.05) is 23.7 Å². The number of urea groups is 1. The van der Waals surface area contributed by atoms with E-state index in [1.165, 1.54) is 11.3 Å². The van der Waals surface area contributed by atoms with Crippen molar-refractivity contribution in [3.05, 3.63) is 29.3 Å². The summed E-state index contributed by atoms with van der Waals surface area (Å²) in [5.74, 6) is 0.903. The van der Waals surface area contributed by atoms with Gasteiger partial charge in [-0.05, 0) is 37.3 Å². The summed E-state index contributed by atoms with van der Waals surface area (Å²) in [6.07, 6.45) is 1.28. The monoisotopic (exact) mass is 334 g/mol. The number of anilines is 2. The lowest BCUT2D eigenvalue weighted by molar-refractivity contribution is -0.121. The minimum Gasteiger partial charge on any atom is -0.360 e. The highest BCUT2D eigenvalue weighted by molar-refractivity contribution is 7.14. The van der Waals surface area contributed by atoms with Gasteiger partial charge in [-0.25, -0.2) is 4.79 Å². The summed E-state index contributed by atoms with van der Waals surface area (Å²) < 4.78 is 4.93. The highest BCUT2D eigenvalue weighted by Gasteiger charge is 2.27. The molecular weight excluding hydrogens is 316 g/mol. The molecule has 1 aliphatic heterocycles. The number of amides is 3. The first-order valence-corrected chi connectivity index (χ1v) is 8.33. The maximum absolute atomic E-state index is 12.2. The molecule has 0 aromatic carbocycles. The van der Waals surface area contributed by atoms with Crippen molar-refractivity contribution < 1.29 is 14.1 Å². The number of nitrogens with one attached hydrogen (secondary N) is 2. The summed E-state index contributed by atoms with van der Waals surface area (Å²) in [5, 5.41) is 12.1. The zero-order valence-corrected chi connectivity index (χ0v) is 13.6. The van der Waals surface area contributed by atoms with Gasteiger partial charge in [0.05, 0.1) is 5.00 Å². The standard InChI is InChI=1S/C15H18N4O3S/c1-10-9-12(18-22-10)16-14(20)11-4-6-19(7-5-11)15(21)17-13-3-2-8-23-13/h2-3,8-9,11H,4-7H2,1H3,(H,17,21)(H,16,18,20). The largest absolute Gasteiger partial charge is 0.360 e. The Kier molecular flexibility index (Phi) is 4.61. The van der Waals surface area contributed by atoms with Gasteiger partial charge in [-0.1, -0.05) is 5.16 Å². The molecule has 23 heavy (non-hydrogen) atoms. The van der Waals surface area contributed by atoms with Crippen molar-refractivity contribution in [3.63, 3.8) is 0 Å². The average molecular weight is 334 g/mol. The average Bonchev–Trinajstić information content (AvgIpc) is 3.19. The number of carbonyl (C=O) groups is 2. The number of aromatic nitrogens is 1. The van der Waals surface area contributed by atoms with E-state index in [4.69, 9.17) is 4.52 Å². The molecule has 7 nitrogen and oxygen atoms in total. The van der Waals surface area contributed by atoms with Crippen LogP contribution in [0.5, 0.6) is 0 Å². The molecule has 2 aromatic heterocycles. The smallest absolute Gasteiger partial charge is 0.322 e. The highest BCUT2D eigenvalue weighted by Crippen LogP contribution is 2.21. The summed E-state index contributed by atoms with van der Waals surface area (Å²) in [5.41, 5.74) is 0. The van der Waals surface area contributed by atoms with Gasteiger partial charge in [-0.3, -0.25) is 10.1 Å². The van der Waals surface area contributed by atoms with E-state index < -0.39 is 0 Å². The van der Waals surface area contributed by atoms with Gasteiger partial charge in [-0.15, -0.1) is 11.3 Å². The van der Waals surface area contributed by atoms with Gasteiger partial charge < -0.3 is 14.7 Å². The molecule has 1 aliphatic rings. The molecule has 3 amide bonds. The van der Waals surface area contributed by atoms with Crippen molar-refractivity contribution >= 4 is 34.1 Å². The Morgan fingerprint density at radius 2 is 2.13 bits per heavy atom. The van der Waals surface area contributed by atoms with E-state index in [-0.39, 0.29) is 17.9 Å². The van der Waals surface area contributed by atoms with Crippen LogP contribution in [0.15, 0.2) is 28.1 Å². The number of likely N-dealkylation sites (tertiary alicyclic amines) is 1. The Morgan fingerprint density at radius 1 is 1.35 bits per heavy atom. The summed E-state index contributed by atoms with van der Waals surface area (Å²) in [4.78, 5) is 26.1. The van der Waals surface area contributed by atoms with E-state index in [0.29, 0.717) is 37.5 Å². The van der Waals surface area contributed by atoms with E-state index >= 15 is 0 Å². The molecule has 2 aromatic rings. The molecule has 0 atom stereocenters. The SMILES string of the molecule is Cc1cc(NC(=O)C2CCN(C(=O)Nc3cccs3)CC2)no1. The van der Waals surface area contributed by atoms with Crippen LogP contribution >= 0.6 is 11.3 Å². The lowest BCUT2D eigenvalue weighted by Gasteiger charge is -2.31. The van der Waals surface area contributed by atoms with E-state index in [2.05, 4.69) is 15.8 Å². The zero-order valence-electron chi connectivity index (χ0n) is 12.7. The van der Waals surface area contributed by atoms with Gasteiger partial charge in [0.25, 0.3) is 0 Å². The van der Waals surface area contributed by atoms with Crippen LogP contribution in [0.4, 0.5) is 15.6 Å². The van der Waals surface area contributed by atoms with Crippen LogP contribution in [-0.2, 0) is 4.79 Å². The molecule has 0 aliphatic carbocycles. The Labute approximate surface area is 137 Å². The highest BCUT2D eigenvalue weighted by atomic mass is 32.1. The van der Waals surface area contributed by atoms with Gasteiger partial charge in [0, 0.05) is 25.1 Å². The first kappa shape index (κ1) is 15.5. The molecule has 8 heteroatoms. The molecule has 1 saturated heterocycles. The Bertz CT molecular complexity index is 675. The summed E-state index contributed by atoms with van der Waals surface area (Å²) >= 11 is 1.49. The molecular formula is C15H18N4O3S. The predicted molar refractivity (Wildman–Crippen MR) is 87.5 cm³/mol. The number of hydrogen-bond donors (Lipinski definition) is 2. The minimum atomic E-state index is -0.113. The lowest BCUT2D eigenvalue weighted by atomic mass is 9.96. The first-order valence-electron chi connectivity index (χ1n) is 7.45. The third-order valence-electron chi connectivity index (χ3n) is 3.78. The third kappa shape index (κ3) is 3.89. The fourth-order valence-electron chi connectivity index (χ4n) is 2.53. The van der Waals surface area contributed by atoms with Crippen LogP contribution in [-0.4, -0.2) is 35.1 Å².